The molecule has 6 N–H and O–H groups in total. The summed E-state index contributed by atoms with van der Waals surface area (Å²) in [6.07, 6.45) is -1.30. The van der Waals surface area contributed by atoms with E-state index >= 15 is 0 Å². The Hall–Kier alpha value is -1.63. The van der Waals surface area contributed by atoms with Gasteiger partial charge < -0.3 is 15.3 Å². The Morgan fingerprint density at radius 2 is 1.75 bits per heavy atom. The van der Waals surface area contributed by atoms with Gasteiger partial charge in [0.2, 0.25) is 0 Å². The first kappa shape index (κ1) is 14.4. The minimum atomic E-state index is -3.58. The van der Waals surface area contributed by atoms with Crippen LogP contribution in [0.4, 0.5) is 10.5 Å². The van der Waals surface area contributed by atoms with Gasteiger partial charge in [0, 0.05) is 0 Å². The van der Waals surface area contributed by atoms with Gasteiger partial charge in [-0.1, -0.05) is 6.07 Å². The van der Waals surface area contributed by atoms with Gasteiger partial charge in [-0.15, -0.1) is 0 Å². The number of para-hydroxylation sites is 1. The summed E-state index contributed by atoms with van der Waals surface area (Å²) in [5.41, 5.74) is -0.0394. The second-order valence-electron chi connectivity index (χ2n) is 2.39. The molecule has 0 aliphatic rings. The Morgan fingerprint density at radius 3 is 2.19 bits per heavy atom. The Kier molecular flexibility index (Phi) is 6.09. The molecule has 9 heteroatoms. The van der Waals surface area contributed by atoms with Crippen LogP contribution in [0.3, 0.4) is 0 Å². The third-order valence-electron chi connectivity index (χ3n) is 1.26. The second kappa shape index (κ2) is 6.78. The van der Waals surface area contributed by atoms with Gasteiger partial charge in [0.25, 0.3) is 0 Å². The summed E-state index contributed by atoms with van der Waals surface area (Å²) in [5.74, 6) is -0.832. The van der Waals surface area contributed by atoms with Crippen molar-refractivity contribution in [3.05, 3.63) is 18.2 Å². The molecule has 8 nitrogen and oxygen atoms in total. The van der Waals surface area contributed by atoms with Crippen LogP contribution < -0.4 is 5.32 Å². The normalized spacial score (nSPS) is 9.19. The summed E-state index contributed by atoms with van der Waals surface area (Å²) in [5, 5.41) is 28.2. The van der Waals surface area contributed by atoms with E-state index in [-0.39, 0.29) is 11.4 Å². The fourth-order valence-electron chi connectivity index (χ4n) is 0.747. The number of anilines is 1. The number of phenols is 2. The van der Waals surface area contributed by atoms with E-state index in [1.54, 1.807) is 0 Å². The number of aromatic hydroxyl groups is 2. The molecule has 0 unspecified atom stereocenters. The first-order chi connectivity index (χ1) is 7.34. The summed E-state index contributed by atoms with van der Waals surface area (Å²) in [6, 6.07) is 4.01. The molecule has 0 saturated heterocycles. The number of hydrogen-bond acceptors (Lipinski definition) is 4. The third-order valence-corrected chi connectivity index (χ3v) is 1.26. The maximum absolute atomic E-state index is 10.1. The topological polar surface area (TPSA) is 147 Å². The molecular formula is C7H10AsNO7. The van der Waals surface area contributed by atoms with E-state index in [4.69, 9.17) is 27.3 Å². The second-order valence-corrected chi connectivity index (χ2v) is 3.57. The van der Waals surface area contributed by atoms with Gasteiger partial charge in [-0.25, -0.2) is 4.79 Å². The number of hydrogen-bond donors (Lipinski definition) is 6. The SMILES string of the molecule is O=C(O)Nc1cccc(O)c1O.O=[AsH](O)O. The summed E-state index contributed by atoms with van der Waals surface area (Å²) in [7, 11) is 0. The van der Waals surface area contributed by atoms with E-state index in [0.29, 0.717) is 0 Å². The van der Waals surface area contributed by atoms with Crippen molar-refractivity contribution >= 4 is 27.1 Å². The molecule has 1 rings (SSSR count). The summed E-state index contributed by atoms with van der Waals surface area (Å²) in [6.45, 7) is 0. The zero-order valence-electron chi connectivity index (χ0n) is 7.78. The van der Waals surface area contributed by atoms with Crippen molar-refractivity contribution < 1.29 is 32.0 Å². The van der Waals surface area contributed by atoms with E-state index in [1.165, 1.54) is 18.2 Å². The Balaban J connectivity index is 0.000000487. The minimum absolute atomic E-state index is 0.0394. The van der Waals surface area contributed by atoms with E-state index in [0.717, 1.165) is 0 Å². The molecule has 1 aromatic carbocycles. The van der Waals surface area contributed by atoms with Gasteiger partial charge in [0.05, 0.1) is 5.69 Å². The van der Waals surface area contributed by atoms with Crippen molar-refractivity contribution in [2.75, 3.05) is 5.32 Å². The standard InChI is InChI=1S/C7H7NO4.AsH3O3/c9-5-3-1-2-4(6(5)10)8-7(11)12;2-1(3)4/h1-3,8-10H,(H,11,12);1H,(H2,2,3,4). The van der Waals surface area contributed by atoms with E-state index in [9.17, 15) is 4.79 Å². The van der Waals surface area contributed by atoms with Crippen LogP contribution in [0, 0.1) is 0 Å². The number of nitrogens with one attached hydrogen (secondary N) is 1. The van der Waals surface area contributed by atoms with Crippen LogP contribution in [-0.4, -0.2) is 44.9 Å². The van der Waals surface area contributed by atoms with Crippen molar-refractivity contribution in [1.29, 1.82) is 0 Å². The average molecular weight is 295 g/mol. The van der Waals surface area contributed by atoms with Crippen molar-refractivity contribution in [1.82, 2.24) is 0 Å². The molecule has 0 fully saturated rings. The van der Waals surface area contributed by atoms with Gasteiger partial charge in [-0.05, 0) is 12.1 Å². The van der Waals surface area contributed by atoms with Crippen molar-refractivity contribution in [2.24, 2.45) is 0 Å². The summed E-state index contributed by atoms with van der Waals surface area (Å²) < 4.78 is 23.2. The number of phenolic OH excluding ortho intramolecular Hbond substituents is 2. The summed E-state index contributed by atoms with van der Waals surface area (Å²) in [4.78, 5) is 10.1. The van der Waals surface area contributed by atoms with Crippen LogP contribution in [0.2, 0.25) is 0 Å². The van der Waals surface area contributed by atoms with Crippen LogP contribution in [0.25, 0.3) is 0 Å². The number of carbonyl (C=O) groups is 1. The molecule has 0 radical (unpaired) electrons. The van der Waals surface area contributed by atoms with Gasteiger partial charge in [-0.2, -0.15) is 0 Å². The van der Waals surface area contributed by atoms with Crippen LogP contribution in [0.1, 0.15) is 0 Å². The first-order valence-electron chi connectivity index (χ1n) is 3.77. The summed E-state index contributed by atoms with van der Waals surface area (Å²) >= 11 is -3.58. The zero-order valence-corrected chi connectivity index (χ0v) is 9.88. The fourth-order valence-corrected chi connectivity index (χ4v) is 0.747. The molecule has 16 heavy (non-hydrogen) atoms. The molecule has 0 aromatic heterocycles. The number of carboxylic acid groups (broad SMARTS) is 1. The zero-order chi connectivity index (χ0) is 12.7. The van der Waals surface area contributed by atoms with Crippen molar-refractivity contribution in [3.8, 4) is 11.5 Å². The monoisotopic (exact) mass is 295 g/mol. The molecule has 0 saturated carbocycles. The fraction of sp³-hybridized carbons (Fsp3) is 0. The van der Waals surface area contributed by atoms with Gasteiger partial charge in [-0.3, -0.25) is 5.32 Å². The molecule has 0 atom stereocenters. The molecule has 90 valence electrons. The third kappa shape index (κ3) is 5.97. The molecule has 1 aromatic rings. The van der Waals surface area contributed by atoms with Crippen LogP contribution in [-0.2, 0) is 3.74 Å². The van der Waals surface area contributed by atoms with Crippen LogP contribution >= 0.6 is 0 Å². The first-order valence-corrected chi connectivity index (χ1v) is 6.50. The Morgan fingerprint density at radius 1 is 1.25 bits per heavy atom. The van der Waals surface area contributed by atoms with Gasteiger partial charge >= 0.3 is 33.3 Å². The Labute approximate surface area is 94.6 Å². The molecule has 0 aliphatic carbocycles. The molecular weight excluding hydrogens is 285 g/mol. The van der Waals surface area contributed by atoms with Gasteiger partial charge in [0.15, 0.2) is 11.5 Å². The molecule has 0 spiro atoms. The van der Waals surface area contributed by atoms with Crippen molar-refractivity contribution in [2.45, 2.75) is 0 Å². The molecule has 1 amide bonds. The van der Waals surface area contributed by atoms with E-state index < -0.39 is 27.1 Å². The van der Waals surface area contributed by atoms with Crippen molar-refractivity contribution in [3.63, 3.8) is 0 Å². The van der Waals surface area contributed by atoms with Crippen LogP contribution in [0.5, 0.6) is 11.5 Å². The molecule has 0 heterocycles. The quantitative estimate of drug-likeness (QED) is 0.296. The average Bonchev–Trinajstić information content (AvgIpc) is 2.11. The molecule has 0 bridgehead atoms. The van der Waals surface area contributed by atoms with Crippen LogP contribution in [0.15, 0.2) is 18.2 Å². The number of rotatable bonds is 1. The predicted molar refractivity (Wildman–Crippen MR) is 53.7 cm³/mol. The van der Waals surface area contributed by atoms with E-state index in [1.807, 2.05) is 5.32 Å². The number of amides is 1. The Bertz CT molecular complexity index is 390. The maximum atomic E-state index is 10.1. The number of benzene rings is 1. The van der Waals surface area contributed by atoms with E-state index in [2.05, 4.69) is 0 Å². The van der Waals surface area contributed by atoms with Gasteiger partial charge in [0.1, 0.15) is 0 Å². The molecule has 0 aliphatic heterocycles. The predicted octanol–water partition coefficient (Wildman–Crippen LogP) is -0.694.